The third kappa shape index (κ3) is 5.74. The van der Waals surface area contributed by atoms with E-state index in [2.05, 4.69) is 240 Å². The molecule has 272 valence electrons. The number of nitrogens with zero attached hydrogens (tertiary/aromatic N) is 2. The van der Waals surface area contributed by atoms with Gasteiger partial charge >= 0.3 is 0 Å². The minimum absolute atomic E-state index is 1.10. The van der Waals surface area contributed by atoms with E-state index in [1.54, 1.807) is 0 Å². The summed E-state index contributed by atoms with van der Waals surface area (Å²) in [6.07, 6.45) is 0. The molecule has 0 saturated carbocycles. The van der Waals surface area contributed by atoms with Crippen molar-refractivity contribution in [2.45, 2.75) is 0 Å². The van der Waals surface area contributed by atoms with Crippen LogP contribution >= 0.6 is 0 Å². The van der Waals surface area contributed by atoms with Crippen LogP contribution in [0.15, 0.2) is 231 Å². The zero-order chi connectivity index (χ0) is 38.4. The number of rotatable bonds is 7. The van der Waals surface area contributed by atoms with Crippen molar-refractivity contribution >= 4 is 60.4 Å². The van der Waals surface area contributed by atoms with Gasteiger partial charge in [0.25, 0.3) is 0 Å². The number of fused-ring (bicyclic) bond motifs is 6. The number of anilines is 3. The van der Waals surface area contributed by atoms with Crippen molar-refractivity contribution in [1.82, 2.24) is 4.57 Å². The molecule has 2 heteroatoms. The van der Waals surface area contributed by atoms with E-state index in [0.717, 1.165) is 28.3 Å². The smallest absolute Gasteiger partial charge is 0.0547 e. The topological polar surface area (TPSA) is 8.17 Å². The molecule has 0 spiro atoms. The number of para-hydroxylation sites is 2. The number of benzene rings is 10. The van der Waals surface area contributed by atoms with Gasteiger partial charge in [0, 0.05) is 33.2 Å². The Bertz CT molecular complexity index is 3270. The van der Waals surface area contributed by atoms with Crippen LogP contribution in [0.3, 0.4) is 0 Å². The van der Waals surface area contributed by atoms with E-state index >= 15 is 0 Å². The first kappa shape index (κ1) is 33.6. The fraction of sp³-hybridized carbons (Fsp3) is 0. The van der Waals surface area contributed by atoms with Gasteiger partial charge in [-0.2, -0.15) is 0 Å². The van der Waals surface area contributed by atoms with Gasteiger partial charge in [-0.05, 0) is 110 Å². The maximum atomic E-state index is 2.43. The molecule has 10 aromatic carbocycles. The fourth-order valence-electron chi connectivity index (χ4n) is 8.89. The average Bonchev–Trinajstić information content (AvgIpc) is 3.65. The summed E-state index contributed by atoms with van der Waals surface area (Å²) in [5.41, 5.74) is 14.1. The van der Waals surface area contributed by atoms with Crippen LogP contribution in [0, 0.1) is 0 Å². The molecule has 0 bridgehead atoms. The molecule has 2 nitrogen and oxygen atoms in total. The Labute approximate surface area is 338 Å². The maximum absolute atomic E-state index is 2.43. The summed E-state index contributed by atoms with van der Waals surface area (Å²) in [5.74, 6) is 0. The van der Waals surface area contributed by atoms with Crippen LogP contribution in [0.25, 0.3) is 82.4 Å². The van der Waals surface area contributed by atoms with Crippen LogP contribution in [0.2, 0.25) is 0 Å². The van der Waals surface area contributed by atoms with Crippen LogP contribution < -0.4 is 4.90 Å². The first-order chi connectivity index (χ1) is 28.8. The van der Waals surface area contributed by atoms with Crippen LogP contribution in [-0.4, -0.2) is 4.57 Å². The van der Waals surface area contributed by atoms with Crippen molar-refractivity contribution in [2.24, 2.45) is 0 Å². The lowest BCUT2D eigenvalue weighted by atomic mass is 9.95. The van der Waals surface area contributed by atoms with Gasteiger partial charge < -0.3 is 9.47 Å². The molecule has 0 N–H and O–H groups in total. The second-order valence-corrected chi connectivity index (χ2v) is 14.9. The first-order valence-corrected chi connectivity index (χ1v) is 19.9. The molecule has 0 aliphatic carbocycles. The van der Waals surface area contributed by atoms with Gasteiger partial charge in [0.05, 0.1) is 16.7 Å². The summed E-state index contributed by atoms with van der Waals surface area (Å²) < 4.78 is 2.39. The lowest BCUT2D eigenvalue weighted by Crippen LogP contribution is -2.10. The number of hydrogen-bond donors (Lipinski definition) is 0. The normalized spacial score (nSPS) is 11.4. The molecule has 0 unspecified atom stereocenters. The van der Waals surface area contributed by atoms with Gasteiger partial charge in [0.15, 0.2) is 0 Å². The van der Waals surface area contributed by atoms with Crippen LogP contribution in [-0.2, 0) is 0 Å². The van der Waals surface area contributed by atoms with E-state index in [4.69, 9.17) is 0 Å². The van der Waals surface area contributed by atoms with E-state index < -0.39 is 0 Å². The predicted molar refractivity (Wildman–Crippen MR) is 247 cm³/mol. The van der Waals surface area contributed by atoms with Crippen LogP contribution in [0.4, 0.5) is 17.1 Å². The van der Waals surface area contributed by atoms with Crippen LogP contribution in [0.1, 0.15) is 0 Å². The van der Waals surface area contributed by atoms with Gasteiger partial charge in [-0.25, -0.2) is 0 Å². The number of hydrogen-bond acceptors (Lipinski definition) is 1. The Hall–Kier alpha value is -7.68. The summed E-state index contributed by atoms with van der Waals surface area (Å²) in [4.78, 5) is 2.43. The molecule has 0 amide bonds. The van der Waals surface area contributed by atoms with Gasteiger partial charge in [-0.15, -0.1) is 0 Å². The molecule has 1 heterocycles. The van der Waals surface area contributed by atoms with Gasteiger partial charge in [0.1, 0.15) is 0 Å². The van der Waals surface area contributed by atoms with Crippen molar-refractivity contribution < 1.29 is 0 Å². The van der Waals surface area contributed by atoms with Crippen molar-refractivity contribution in [3.05, 3.63) is 231 Å². The van der Waals surface area contributed by atoms with Gasteiger partial charge in [-0.3, -0.25) is 0 Å². The lowest BCUT2D eigenvalue weighted by Gasteiger charge is -2.28. The third-order valence-corrected chi connectivity index (χ3v) is 11.5. The van der Waals surface area contributed by atoms with Gasteiger partial charge in [-0.1, -0.05) is 170 Å². The molecule has 0 radical (unpaired) electrons. The number of aromatic nitrogens is 1. The van der Waals surface area contributed by atoms with Crippen molar-refractivity contribution in [2.75, 3.05) is 4.90 Å². The molecule has 0 saturated heterocycles. The van der Waals surface area contributed by atoms with Crippen molar-refractivity contribution in [3.63, 3.8) is 0 Å². The average molecular weight is 739 g/mol. The summed E-state index contributed by atoms with van der Waals surface area (Å²) in [5, 5.41) is 7.45. The standard InChI is InChI=1S/C56H38N2/c1-3-16-39(17-4-1)40-32-34-46(35-33-40)57(55-38-44-18-7-8-25-48(44)50-26-9-10-27-51(50)55)47-24-14-20-42(37-47)41-19-13-21-43(36-41)49-29-15-31-54-56(49)52-28-11-12-30-53(52)58(54)45-22-5-2-6-23-45/h1-38H. The SMILES string of the molecule is c1ccc(-c2ccc(N(c3cccc(-c4cccc(-c5cccc6c5c5ccccc5n6-c5ccccc5)c4)c3)c3cc4ccccc4c4ccccc34)cc2)cc1. The summed E-state index contributed by atoms with van der Waals surface area (Å²) in [6, 6.07) is 83.7. The van der Waals surface area contributed by atoms with E-state index in [-0.39, 0.29) is 0 Å². The Morgan fingerprint density at radius 1 is 0.310 bits per heavy atom. The Balaban J connectivity index is 1.07. The second-order valence-electron chi connectivity index (χ2n) is 14.9. The molecule has 58 heavy (non-hydrogen) atoms. The van der Waals surface area contributed by atoms with E-state index in [1.807, 2.05) is 0 Å². The molecular formula is C56H38N2. The highest BCUT2D eigenvalue weighted by molar-refractivity contribution is 6.16. The fourth-order valence-corrected chi connectivity index (χ4v) is 8.89. The largest absolute Gasteiger partial charge is 0.310 e. The van der Waals surface area contributed by atoms with Gasteiger partial charge in [0.2, 0.25) is 0 Å². The summed E-state index contributed by atoms with van der Waals surface area (Å²) >= 11 is 0. The second kappa shape index (κ2) is 14.1. The molecule has 11 rings (SSSR count). The highest BCUT2D eigenvalue weighted by atomic mass is 15.1. The van der Waals surface area contributed by atoms with Crippen molar-refractivity contribution in [3.8, 4) is 39.1 Å². The lowest BCUT2D eigenvalue weighted by molar-refractivity contribution is 1.18. The molecule has 0 fully saturated rings. The highest BCUT2D eigenvalue weighted by Crippen LogP contribution is 2.44. The zero-order valence-corrected chi connectivity index (χ0v) is 31.8. The van der Waals surface area contributed by atoms with Crippen molar-refractivity contribution in [1.29, 1.82) is 0 Å². The minimum atomic E-state index is 1.10. The molecule has 0 aliphatic heterocycles. The molecule has 11 aromatic rings. The highest BCUT2D eigenvalue weighted by Gasteiger charge is 2.19. The maximum Gasteiger partial charge on any atom is 0.0547 e. The summed E-state index contributed by atoms with van der Waals surface area (Å²) in [6.45, 7) is 0. The Morgan fingerprint density at radius 2 is 0.879 bits per heavy atom. The van der Waals surface area contributed by atoms with Crippen LogP contribution in [0.5, 0.6) is 0 Å². The van der Waals surface area contributed by atoms with E-state index in [0.29, 0.717) is 0 Å². The quantitative estimate of drug-likeness (QED) is 0.148. The van der Waals surface area contributed by atoms with E-state index in [9.17, 15) is 0 Å². The molecule has 0 atom stereocenters. The predicted octanol–water partition coefficient (Wildman–Crippen LogP) is 15.6. The Kier molecular flexibility index (Phi) is 8.19. The molecule has 0 aliphatic rings. The third-order valence-electron chi connectivity index (χ3n) is 11.5. The minimum Gasteiger partial charge on any atom is -0.310 e. The first-order valence-electron chi connectivity index (χ1n) is 19.9. The zero-order valence-electron chi connectivity index (χ0n) is 31.8. The molecule has 1 aromatic heterocycles. The summed E-state index contributed by atoms with van der Waals surface area (Å²) in [7, 11) is 0. The molecular weight excluding hydrogens is 701 g/mol. The Morgan fingerprint density at radius 3 is 1.69 bits per heavy atom. The van der Waals surface area contributed by atoms with E-state index in [1.165, 1.54) is 71.2 Å². The monoisotopic (exact) mass is 738 g/mol.